The quantitative estimate of drug-likeness (QED) is 0.348. The van der Waals surface area contributed by atoms with Gasteiger partial charge in [-0.1, -0.05) is 64.1 Å². The van der Waals surface area contributed by atoms with E-state index in [2.05, 4.69) is 46.7 Å². The number of thioether (sulfide) groups is 1. The van der Waals surface area contributed by atoms with Crippen molar-refractivity contribution < 1.29 is 9.53 Å². The van der Waals surface area contributed by atoms with E-state index in [0.717, 1.165) is 33.7 Å². The van der Waals surface area contributed by atoms with Crippen molar-refractivity contribution in [3.63, 3.8) is 0 Å². The van der Waals surface area contributed by atoms with E-state index in [1.165, 1.54) is 22.3 Å². The van der Waals surface area contributed by atoms with E-state index in [0.29, 0.717) is 24.2 Å². The predicted molar refractivity (Wildman–Crippen MR) is 152 cm³/mol. The van der Waals surface area contributed by atoms with Crippen LogP contribution in [0.5, 0.6) is 5.75 Å². The Morgan fingerprint density at radius 1 is 1.11 bits per heavy atom. The smallest absolute Gasteiger partial charge is 0.283 e. The third-order valence-electron chi connectivity index (χ3n) is 6.74. The number of para-hydroxylation sites is 2. The number of ether oxygens (including phenoxy) is 1. The number of hydrazone groups is 1. The predicted octanol–water partition coefficient (Wildman–Crippen LogP) is 6.51. The fourth-order valence-electron chi connectivity index (χ4n) is 4.46. The number of benzene rings is 2. The van der Waals surface area contributed by atoms with Crippen LogP contribution in [-0.4, -0.2) is 38.1 Å². The summed E-state index contributed by atoms with van der Waals surface area (Å²) in [5, 5.41) is 17.0. The summed E-state index contributed by atoms with van der Waals surface area (Å²) in [5.41, 5.74) is 3.37. The first-order chi connectivity index (χ1) is 17.9. The highest BCUT2D eigenvalue weighted by Gasteiger charge is 2.36. The van der Waals surface area contributed by atoms with Gasteiger partial charge in [0.25, 0.3) is 5.91 Å². The molecule has 0 spiro atoms. The third-order valence-corrected chi connectivity index (χ3v) is 7.94. The maximum atomic E-state index is 12.9. The van der Waals surface area contributed by atoms with E-state index in [9.17, 15) is 4.79 Å². The Morgan fingerprint density at radius 2 is 1.86 bits per heavy atom. The zero-order chi connectivity index (χ0) is 26.1. The fraction of sp³-hybridized carbons (Fsp3) is 0.310. The van der Waals surface area contributed by atoms with Crippen LogP contribution in [0, 0.1) is 11.3 Å². The normalized spacial score (nSPS) is 17.4. The van der Waals surface area contributed by atoms with Gasteiger partial charge in [0.15, 0.2) is 5.84 Å². The number of nitrogens with zero attached hydrogens (tertiary/aromatic N) is 4. The zero-order valence-corrected chi connectivity index (χ0v) is 22.4. The number of carbonyl (C=O) groups is 1. The average Bonchev–Trinajstić information content (AvgIpc) is 3.48. The second kappa shape index (κ2) is 10.4. The van der Waals surface area contributed by atoms with Crippen LogP contribution in [0.1, 0.15) is 51.2 Å². The minimum Gasteiger partial charge on any atom is -0.491 e. The minimum atomic E-state index is -0.411. The summed E-state index contributed by atoms with van der Waals surface area (Å²) in [5.74, 6) is 1.20. The van der Waals surface area contributed by atoms with Crippen molar-refractivity contribution in [3.05, 3.63) is 71.4 Å². The Labute approximate surface area is 221 Å². The van der Waals surface area contributed by atoms with E-state index >= 15 is 0 Å². The van der Waals surface area contributed by atoms with Crippen LogP contribution < -0.4 is 4.74 Å². The van der Waals surface area contributed by atoms with Crippen LogP contribution >= 0.6 is 11.8 Å². The number of amidine groups is 2. The largest absolute Gasteiger partial charge is 0.491 e. The highest BCUT2D eigenvalue weighted by atomic mass is 32.2. The van der Waals surface area contributed by atoms with E-state index in [1.807, 2.05) is 50.4 Å². The van der Waals surface area contributed by atoms with Crippen molar-refractivity contribution in [2.24, 2.45) is 16.0 Å². The molecule has 2 aromatic carbocycles. The van der Waals surface area contributed by atoms with Gasteiger partial charge in [0, 0.05) is 28.6 Å². The number of hydrogen-bond acceptors (Lipinski definition) is 5. The molecule has 0 saturated heterocycles. The molecule has 5 rings (SSSR count). The first-order valence-corrected chi connectivity index (χ1v) is 13.5. The van der Waals surface area contributed by atoms with Crippen LogP contribution in [0.3, 0.4) is 0 Å². The Bertz CT molecular complexity index is 1470. The Hall–Kier alpha value is -3.65. The lowest BCUT2D eigenvalue weighted by Crippen LogP contribution is -2.35. The molecule has 2 aliphatic heterocycles. The molecule has 0 fully saturated rings. The number of nitrogens with one attached hydrogen (secondary N) is 1. The van der Waals surface area contributed by atoms with Crippen molar-refractivity contribution in [2.45, 2.75) is 46.6 Å². The molecular formula is C29H31N5O2S. The molecule has 2 aliphatic rings. The topological polar surface area (TPSA) is 83.0 Å². The molecule has 1 amide bonds. The van der Waals surface area contributed by atoms with Crippen molar-refractivity contribution in [3.8, 4) is 5.75 Å². The van der Waals surface area contributed by atoms with E-state index in [4.69, 9.17) is 10.1 Å². The van der Waals surface area contributed by atoms with Gasteiger partial charge in [-0.3, -0.25) is 10.2 Å². The lowest BCUT2D eigenvalue weighted by atomic mass is 9.98. The van der Waals surface area contributed by atoms with Gasteiger partial charge in [-0.05, 0) is 47.9 Å². The van der Waals surface area contributed by atoms with E-state index < -0.39 is 5.91 Å². The van der Waals surface area contributed by atoms with Crippen molar-refractivity contribution >= 4 is 50.7 Å². The van der Waals surface area contributed by atoms with Crippen molar-refractivity contribution in [1.82, 2.24) is 9.58 Å². The molecule has 190 valence electrons. The second-order valence-electron chi connectivity index (χ2n) is 9.60. The minimum absolute atomic E-state index is 0.0555. The summed E-state index contributed by atoms with van der Waals surface area (Å²) in [6.07, 6.45) is 4.83. The molecule has 1 aromatic heterocycles. The van der Waals surface area contributed by atoms with Gasteiger partial charge in [-0.25, -0.2) is 0 Å². The van der Waals surface area contributed by atoms with Gasteiger partial charge in [-0.15, -0.1) is 0 Å². The fourth-order valence-corrected chi connectivity index (χ4v) is 5.36. The molecule has 1 atom stereocenters. The average molecular weight is 514 g/mol. The summed E-state index contributed by atoms with van der Waals surface area (Å²) in [6.45, 7) is 9.64. The summed E-state index contributed by atoms with van der Waals surface area (Å²) in [7, 11) is 0. The summed E-state index contributed by atoms with van der Waals surface area (Å²) in [6, 6.07) is 16.3. The first-order valence-electron chi connectivity index (χ1n) is 12.7. The number of aliphatic imine (C=N–C) groups is 1. The number of fused-ring (bicyclic) bond motifs is 2. The first kappa shape index (κ1) is 25.0. The SMILES string of the molecule is CC[C@H](C)c1ccccc1OCCn1cc(/C=C2/C(=N)N3N=C(C(C)C)SC3=NC2=O)c2ccccc21. The lowest BCUT2D eigenvalue weighted by Gasteiger charge is -2.20. The van der Waals surface area contributed by atoms with E-state index in [1.54, 1.807) is 6.08 Å². The molecule has 0 bridgehead atoms. The monoisotopic (exact) mass is 513 g/mol. The molecule has 0 aliphatic carbocycles. The number of hydrogen-bond donors (Lipinski definition) is 1. The van der Waals surface area contributed by atoms with Crippen LogP contribution in [0.25, 0.3) is 17.0 Å². The Morgan fingerprint density at radius 3 is 2.65 bits per heavy atom. The van der Waals surface area contributed by atoms with Crippen LogP contribution in [-0.2, 0) is 11.3 Å². The maximum absolute atomic E-state index is 12.9. The molecule has 0 unspecified atom stereocenters. The second-order valence-corrected chi connectivity index (χ2v) is 10.6. The standard InChI is InChI=1S/C29H31N5O2S/c1-5-19(4)21-10-7-9-13-25(21)36-15-14-33-17-20(22-11-6-8-12-24(22)33)16-23-26(30)34-29(31-27(23)35)37-28(32-34)18(2)3/h6-13,16-19,30H,5,14-15H2,1-4H3/b23-16-,30-26?/t19-/m0/s1. The maximum Gasteiger partial charge on any atom is 0.283 e. The van der Waals surface area contributed by atoms with Gasteiger partial charge in [0.1, 0.15) is 17.4 Å². The summed E-state index contributed by atoms with van der Waals surface area (Å²) < 4.78 is 8.36. The molecule has 3 aromatic rings. The van der Waals surface area contributed by atoms with Crippen molar-refractivity contribution in [1.29, 1.82) is 5.41 Å². The molecule has 37 heavy (non-hydrogen) atoms. The Balaban J connectivity index is 1.41. The van der Waals surface area contributed by atoms with Crippen LogP contribution in [0.4, 0.5) is 0 Å². The number of carbonyl (C=O) groups excluding carboxylic acids is 1. The molecule has 0 saturated carbocycles. The molecule has 7 nitrogen and oxygen atoms in total. The number of aromatic nitrogens is 1. The Kier molecular flexibility index (Phi) is 7.02. The molecular weight excluding hydrogens is 482 g/mol. The lowest BCUT2D eigenvalue weighted by molar-refractivity contribution is -0.114. The highest BCUT2D eigenvalue weighted by molar-refractivity contribution is 8.27. The van der Waals surface area contributed by atoms with Gasteiger partial charge < -0.3 is 9.30 Å². The van der Waals surface area contributed by atoms with Crippen LogP contribution in [0.15, 0.2) is 70.4 Å². The molecule has 1 N–H and O–H groups in total. The summed E-state index contributed by atoms with van der Waals surface area (Å²) >= 11 is 1.36. The zero-order valence-electron chi connectivity index (χ0n) is 21.6. The number of amides is 1. The molecule has 8 heteroatoms. The number of rotatable bonds is 8. The third kappa shape index (κ3) is 4.85. The van der Waals surface area contributed by atoms with Gasteiger partial charge in [-0.2, -0.15) is 15.1 Å². The van der Waals surface area contributed by atoms with Gasteiger partial charge in [0.05, 0.1) is 12.1 Å². The molecule has 3 heterocycles. The van der Waals surface area contributed by atoms with Gasteiger partial charge in [0.2, 0.25) is 5.17 Å². The van der Waals surface area contributed by atoms with Gasteiger partial charge >= 0.3 is 0 Å². The summed E-state index contributed by atoms with van der Waals surface area (Å²) in [4.78, 5) is 17.1. The van der Waals surface area contributed by atoms with Crippen LogP contribution in [0.2, 0.25) is 0 Å². The van der Waals surface area contributed by atoms with E-state index in [-0.39, 0.29) is 17.3 Å². The highest BCUT2D eigenvalue weighted by Crippen LogP contribution is 2.32. The van der Waals surface area contributed by atoms with Crippen molar-refractivity contribution in [2.75, 3.05) is 6.61 Å². The molecule has 0 radical (unpaired) electrons.